The van der Waals surface area contributed by atoms with Gasteiger partial charge in [0.15, 0.2) is 0 Å². The van der Waals surface area contributed by atoms with Crippen LogP contribution >= 0.6 is 11.3 Å². The smallest absolute Gasteiger partial charge is 0.265 e. The molecule has 30 heavy (non-hydrogen) atoms. The maximum Gasteiger partial charge on any atom is 0.265 e. The van der Waals surface area contributed by atoms with Crippen molar-refractivity contribution in [1.82, 2.24) is 10.2 Å². The van der Waals surface area contributed by atoms with Gasteiger partial charge in [0.25, 0.3) is 11.8 Å². The second-order valence-electron chi connectivity index (χ2n) is 7.55. The van der Waals surface area contributed by atoms with Crippen LogP contribution in [0.1, 0.15) is 45.0 Å². The summed E-state index contributed by atoms with van der Waals surface area (Å²) in [7, 11) is 0. The van der Waals surface area contributed by atoms with Crippen LogP contribution in [0.2, 0.25) is 0 Å². The van der Waals surface area contributed by atoms with Gasteiger partial charge in [-0.15, -0.1) is 11.3 Å². The van der Waals surface area contributed by atoms with Crippen LogP contribution in [0, 0.1) is 0 Å². The number of anilines is 1. The van der Waals surface area contributed by atoms with Crippen molar-refractivity contribution in [3.8, 4) is 0 Å². The van der Waals surface area contributed by atoms with E-state index >= 15 is 0 Å². The van der Waals surface area contributed by atoms with Crippen LogP contribution in [0.15, 0.2) is 72.1 Å². The van der Waals surface area contributed by atoms with Crippen LogP contribution in [0.3, 0.4) is 0 Å². The Morgan fingerprint density at radius 3 is 2.63 bits per heavy atom. The van der Waals surface area contributed by atoms with Crippen molar-refractivity contribution in [2.24, 2.45) is 0 Å². The first-order valence-electron chi connectivity index (χ1n) is 10.1. The highest BCUT2D eigenvalue weighted by atomic mass is 32.1. The molecule has 5 nitrogen and oxygen atoms in total. The predicted molar refractivity (Wildman–Crippen MR) is 121 cm³/mol. The number of nitrogens with one attached hydrogen (secondary N) is 2. The third-order valence-corrected chi connectivity index (χ3v) is 6.38. The van der Waals surface area contributed by atoms with Gasteiger partial charge in [-0.25, -0.2) is 0 Å². The van der Waals surface area contributed by atoms with E-state index in [1.54, 1.807) is 30.3 Å². The van der Waals surface area contributed by atoms with E-state index in [0.29, 0.717) is 22.2 Å². The fourth-order valence-electron chi connectivity index (χ4n) is 3.81. The molecule has 1 aromatic heterocycles. The molecule has 1 saturated heterocycles. The molecule has 2 heterocycles. The Hall–Kier alpha value is -2.96. The average molecular weight is 420 g/mol. The number of nitrogens with zero attached hydrogens (tertiary/aromatic N) is 1. The highest BCUT2D eigenvalue weighted by Gasteiger charge is 2.28. The second-order valence-corrected chi connectivity index (χ2v) is 8.50. The molecule has 0 radical (unpaired) electrons. The Balaban J connectivity index is 1.35. The molecular weight excluding hydrogens is 394 g/mol. The molecule has 2 unspecified atom stereocenters. The van der Waals surface area contributed by atoms with E-state index in [0.717, 1.165) is 19.5 Å². The first-order chi connectivity index (χ1) is 14.6. The molecule has 1 aliphatic heterocycles. The standard InChI is InChI=1S/C24H25N3O2S/c1-17(18-7-3-2-4-8-18)27-13-12-21(16-27)26-23(28)19-9-5-10-20(15-19)25-24(29)22-11-6-14-30-22/h2-11,14-15,17,21H,12-13,16H2,1H3,(H,25,29)(H,26,28). The third kappa shape index (κ3) is 4.78. The van der Waals surface area contributed by atoms with Gasteiger partial charge >= 0.3 is 0 Å². The number of carbonyl (C=O) groups excluding carboxylic acids is 2. The quantitative estimate of drug-likeness (QED) is 0.615. The van der Waals surface area contributed by atoms with Gasteiger partial charge in [-0.05, 0) is 48.6 Å². The van der Waals surface area contributed by atoms with Gasteiger partial charge in [-0.3, -0.25) is 14.5 Å². The molecule has 2 aromatic carbocycles. The summed E-state index contributed by atoms with van der Waals surface area (Å²) in [4.78, 5) is 28.1. The predicted octanol–water partition coefficient (Wildman–Crippen LogP) is 4.57. The summed E-state index contributed by atoms with van der Waals surface area (Å²) in [5, 5.41) is 7.87. The van der Waals surface area contributed by atoms with Crippen molar-refractivity contribution in [3.63, 3.8) is 0 Å². The summed E-state index contributed by atoms with van der Waals surface area (Å²) in [6, 6.07) is 21.6. The minimum atomic E-state index is -0.163. The molecule has 1 fully saturated rings. The van der Waals surface area contributed by atoms with Crippen molar-refractivity contribution < 1.29 is 9.59 Å². The van der Waals surface area contributed by atoms with Crippen LogP contribution in [0.5, 0.6) is 0 Å². The van der Waals surface area contributed by atoms with Crippen LogP contribution in [-0.4, -0.2) is 35.8 Å². The van der Waals surface area contributed by atoms with Crippen molar-refractivity contribution >= 4 is 28.8 Å². The van der Waals surface area contributed by atoms with Gasteiger partial charge < -0.3 is 10.6 Å². The molecule has 3 aromatic rings. The number of benzene rings is 2. The number of likely N-dealkylation sites (tertiary alicyclic amines) is 1. The summed E-state index contributed by atoms with van der Waals surface area (Å²) < 4.78 is 0. The van der Waals surface area contributed by atoms with Crippen LogP contribution in [-0.2, 0) is 0 Å². The summed E-state index contributed by atoms with van der Waals surface area (Å²) in [5.41, 5.74) is 2.46. The van der Waals surface area contributed by atoms with E-state index in [9.17, 15) is 9.59 Å². The zero-order chi connectivity index (χ0) is 20.9. The van der Waals surface area contributed by atoms with E-state index < -0.39 is 0 Å². The molecule has 2 atom stereocenters. The van der Waals surface area contributed by atoms with E-state index in [1.807, 2.05) is 17.5 Å². The van der Waals surface area contributed by atoms with E-state index in [4.69, 9.17) is 0 Å². The minimum Gasteiger partial charge on any atom is -0.348 e. The Labute approximate surface area is 180 Å². The highest BCUT2D eigenvalue weighted by molar-refractivity contribution is 7.12. The first-order valence-corrected chi connectivity index (χ1v) is 11.0. The Kier molecular flexibility index (Phi) is 6.26. The molecule has 154 valence electrons. The fourth-order valence-corrected chi connectivity index (χ4v) is 4.43. The molecule has 4 rings (SSSR count). The molecule has 6 heteroatoms. The lowest BCUT2D eigenvalue weighted by molar-refractivity contribution is 0.0935. The van der Waals surface area contributed by atoms with Crippen LogP contribution in [0.25, 0.3) is 0 Å². The lowest BCUT2D eigenvalue weighted by atomic mass is 10.1. The average Bonchev–Trinajstić information content (AvgIpc) is 3.46. The number of thiophene rings is 1. The van der Waals surface area contributed by atoms with Gasteiger partial charge in [-0.2, -0.15) is 0 Å². The maximum absolute atomic E-state index is 12.8. The Morgan fingerprint density at radius 1 is 1.03 bits per heavy atom. The maximum atomic E-state index is 12.8. The second kappa shape index (κ2) is 9.24. The Bertz CT molecular complexity index is 1000. The number of hydrogen-bond acceptors (Lipinski definition) is 4. The SMILES string of the molecule is CC(c1ccccc1)N1CCC(NC(=O)c2cccc(NC(=O)c3cccs3)c2)C1. The first kappa shape index (κ1) is 20.3. The highest BCUT2D eigenvalue weighted by Crippen LogP contribution is 2.24. The summed E-state index contributed by atoms with van der Waals surface area (Å²) in [6.45, 7) is 3.99. The molecule has 0 saturated carbocycles. The van der Waals surface area contributed by atoms with Gasteiger partial charge in [0.2, 0.25) is 0 Å². The topological polar surface area (TPSA) is 61.4 Å². The number of rotatable bonds is 6. The molecule has 0 bridgehead atoms. The van der Waals surface area contributed by atoms with Gasteiger partial charge in [0.1, 0.15) is 0 Å². The van der Waals surface area contributed by atoms with E-state index in [2.05, 4.69) is 46.7 Å². The molecule has 2 N–H and O–H groups in total. The number of carbonyl (C=O) groups is 2. The summed E-state index contributed by atoms with van der Waals surface area (Å²) in [6.07, 6.45) is 0.928. The van der Waals surface area contributed by atoms with Crippen molar-refractivity contribution in [2.45, 2.75) is 25.4 Å². The molecule has 1 aliphatic rings. The zero-order valence-electron chi connectivity index (χ0n) is 16.9. The van der Waals surface area contributed by atoms with Crippen molar-refractivity contribution in [1.29, 1.82) is 0 Å². The number of amides is 2. The van der Waals surface area contributed by atoms with E-state index in [1.165, 1.54) is 16.9 Å². The molecule has 0 aliphatic carbocycles. The lowest BCUT2D eigenvalue weighted by Gasteiger charge is -2.24. The largest absolute Gasteiger partial charge is 0.348 e. The molecule has 0 spiro atoms. The van der Waals surface area contributed by atoms with Crippen LogP contribution in [0.4, 0.5) is 5.69 Å². The van der Waals surface area contributed by atoms with Crippen molar-refractivity contribution in [2.75, 3.05) is 18.4 Å². The third-order valence-electron chi connectivity index (χ3n) is 5.51. The zero-order valence-corrected chi connectivity index (χ0v) is 17.7. The fraction of sp³-hybridized carbons (Fsp3) is 0.250. The van der Waals surface area contributed by atoms with Gasteiger partial charge in [0, 0.05) is 36.4 Å². The van der Waals surface area contributed by atoms with Gasteiger partial charge in [0.05, 0.1) is 4.88 Å². The minimum absolute atomic E-state index is 0.110. The van der Waals surface area contributed by atoms with Crippen LogP contribution < -0.4 is 10.6 Å². The lowest BCUT2D eigenvalue weighted by Crippen LogP contribution is -2.37. The summed E-state index contributed by atoms with van der Waals surface area (Å²) in [5.74, 6) is -0.273. The van der Waals surface area contributed by atoms with Gasteiger partial charge in [-0.1, -0.05) is 42.5 Å². The molecular formula is C24H25N3O2S. The normalized spacial score (nSPS) is 17.4. The Morgan fingerprint density at radius 2 is 1.87 bits per heavy atom. The van der Waals surface area contributed by atoms with Crippen molar-refractivity contribution in [3.05, 3.63) is 88.1 Å². The van der Waals surface area contributed by atoms with E-state index in [-0.39, 0.29) is 17.9 Å². The number of hydrogen-bond donors (Lipinski definition) is 2. The summed E-state index contributed by atoms with van der Waals surface area (Å²) >= 11 is 1.39. The monoisotopic (exact) mass is 419 g/mol. The molecule has 2 amide bonds.